The Morgan fingerprint density at radius 3 is 1.31 bits per heavy atom. The van der Waals surface area contributed by atoms with Crippen molar-refractivity contribution < 1.29 is 9.53 Å². The third-order valence-corrected chi connectivity index (χ3v) is 7.15. The van der Waals surface area contributed by atoms with Crippen molar-refractivity contribution in [1.29, 1.82) is 0 Å². The predicted molar refractivity (Wildman–Crippen MR) is 185 cm³/mol. The zero-order chi connectivity index (χ0) is 30.8. The second-order valence-corrected chi connectivity index (χ2v) is 10.2. The fourth-order valence-corrected chi connectivity index (χ4v) is 4.99. The van der Waals surface area contributed by atoms with Gasteiger partial charge in [0, 0.05) is 46.4 Å². The third-order valence-electron chi connectivity index (χ3n) is 7.15. The lowest BCUT2D eigenvalue weighted by molar-refractivity contribution is -0.128. The molecule has 218 valence electrons. The molecular formula is C40H31N3O2. The van der Waals surface area contributed by atoms with Crippen LogP contribution in [0, 0.1) is 0 Å². The Bertz CT molecular complexity index is 1830. The summed E-state index contributed by atoms with van der Waals surface area (Å²) in [6.45, 7) is 3.46. The van der Waals surface area contributed by atoms with Crippen molar-refractivity contribution in [2.45, 2.75) is 0 Å². The van der Waals surface area contributed by atoms with Crippen molar-refractivity contribution in [3.05, 3.63) is 182 Å². The lowest BCUT2D eigenvalue weighted by atomic mass is 10.1. The summed E-state index contributed by atoms with van der Waals surface area (Å²) < 4.78 is 5.25. The summed E-state index contributed by atoms with van der Waals surface area (Å²) in [5, 5.41) is 0. The summed E-state index contributed by atoms with van der Waals surface area (Å²) in [5.41, 5.74) is 8.03. The summed E-state index contributed by atoms with van der Waals surface area (Å²) >= 11 is 0. The monoisotopic (exact) mass is 585 g/mol. The summed E-state index contributed by atoms with van der Waals surface area (Å²) in [6, 6.07) is 54.7. The largest absolute Gasteiger partial charge is 0.423 e. The molecule has 45 heavy (non-hydrogen) atoms. The molecule has 0 heterocycles. The predicted octanol–water partition coefficient (Wildman–Crippen LogP) is 10.5. The van der Waals surface area contributed by atoms with Crippen LogP contribution in [0.15, 0.2) is 181 Å². The number of hydrogen-bond acceptors (Lipinski definition) is 5. The van der Waals surface area contributed by atoms with Crippen molar-refractivity contribution in [2.75, 3.05) is 9.80 Å². The Balaban J connectivity index is 1.21. The number of hydrogen-bond donors (Lipinski definition) is 0. The maximum atomic E-state index is 11.6. The molecule has 0 N–H and O–H groups in total. The van der Waals surface area contributed by atoms with E-state index in [1.54, 1.807) is 12.1 Å². The number of benzene rings is 6. The van der Waals surface area contributed by atoms with Gasteiger partial charge in [-0.2, -0.15) is 0 Å². The average Bonchev–Trinajstić information content (AvgIpc) is 3.11. The van der Waals surface area contributed by atoms with Crippen LogP contribution in [-0.2, 0) is 4.79 Å². The number of carbonyl (C=O) groups excluding carboxylic acids is 1. The number of esters is 1. The van der Waals surface area contributed by atoms with Crippen LogP contribution in [0.2, 0.25) is 0 Å². The van der Waals surface area contributed by atoms with E-state index in [1.165, 1.54) is 0 Å². The van der Waals surface area contributed by atoms with Crippen molar-refractivity contribution >= 4 is 52.0 Å². The molecule has 0 saturated carbocycles. The molecule has 0 saturated heterocycles. The van der Waals surface area contributed by atoms with E-state index in [2.05, 4.69) is 101 Å². The van der Waals surface area contributed by atoms with Gasteiger partial charge in [-0.3, -0.25) is 4.99 Å². The van der Waals surface area contributed by atoms with E-state index in [0.717, 1.165) is 51.5 Å². The molecule has 0 aliphatic rings. The minimum absolute atomic E-state index is 0.460. The number of nitrogens with zero attached hydrogens (tertiary/aromatic N) is 3. The van der Waals surface area contributed by atoms with Gasteiger partial charge in [-0.25, -0.2) is 4.79 Å². The number of ether oxygens (including phenoxy) is 1. The lowest BCUT2D eigenvalue weighted by Crippen LogP contribution is -2.10. The fraction of sp³-hybridized carbons (Fsp3) is 0. The highest BCUT2D eigenvalue weighted by Crippen LogP contribution is 2.36. The normalized spacial score (nSPS) is 10.8. The van der Waals surface area contributed by atoms with Crippen molar-refractivity contribution in [2.24, 2.45) is 4.99 Å². The molecule has 0 bridgehead atoms. The number of aliphatic imine (C=N–C) groups is 1. The standard InChI is InChI=1S/C40H31N3O2/c1-2-40(44)45-39-28-26-38(27-29-39)43(35-16-10-5-11-17-35)37-24-20-32(21-25-37)41-30-31-18-22-36(23-19-31)42(33-12-6-3-7-13-33)34-14-8-4-9-15-34/h2-30H,1H2/b41-30+. The van der Waals surface area contributed by atoms with Gasteiger partial charge < -0.3 is 14.5 Å². The second kappa shape index (κ2) is 13.8. The smallest absolute Gasteiger partial charge is 0.335 e. The molecule has 0 radical (unpaired) electrons. The van der Waals surface area contributed by atoms with E-state index >= 15 is 0 Å². The second-order valence-electron chi connectivity index (χ2n) is 10.2. The van der Waals surface area contributed by atoms with Gasteiger partial charge in [0.1, 0.15) is 5.75 Å². The van der Waals surface area contributed by atoms with Gasteiger partial charge in [-0.1, -0.05) is 73.3 Å². The highest BCUT2D eigenvalue weighted by molar-refractivity contribution is 5.85. The Hall–Kier alpha value is -6.20. The average molecular weight is 586 g/mol. The molecule has 0 aromatic heterocycles. The van der Waals surface area contributed by atoms with E-state index in [4.69, 9.17) is 9.73 Å². The SMILES string of the molecule is C=CC(=O)Oc1ccc(N(c2ccccc2)c2ccc(/N=C/c3ccc(N(c4ccccc4)c4ccccc4)cc3)cc2)cc1. The first-order valence-electron chi connectivity index (χ1n) is 14.6. The molecule has 0 atom stereocenters. The maximum absolute atomic E-state index is 11.6. The van der Waals surface area contributed by atoms with Crippen molar-refractivity contribution in [3.63, 3.8) is 0 Å². The molecule has 0 unspecified atom stereocenters. The fourth-order valence-electron chi connectivity index (χ4n) is 4.99. The Labute approximate surface area is 263 Å². The molecule has 0 fully saturated rings. The molecule has 0 aliphatic carbocycles. The van der Waals surface area contributed by atoms with Gasteiger partial charge in [-0.05, 0) is 103 Å². The number of carbonyl (C=O) groups is 1. The summed E-state index contributed by atoms with van der Waals surface area (Å²) in [6.07, 6.45) is 3.03. The minimum Gasteiger partial charge on any atom is -0.423 e. The molecule has 5 nitrogen and oxygen atoms in total. The Morgan fingerprint density at radius 1 is 0.511 bits per heavy atom. The molecule has 0 amide bonds. The summed E-state index contributed by atoms with van der Waals surface area (Å²) in [4.78, 5) is 20.7. The van der Waals surface area contributed by atoms with Crippen LogP contribution < -0.4 is 14.5 Å². The van der Waals surface area contributed by atoms with Crippen LogP contribution in [0.25, 0.3) is 0 Å². The summed E-state index contributed by atoms with van der Waals surface area (Å²) in [5.74, 6) is -0.0293. The van der Waals surface area contributed by atoms with Gasteiger partial charge in [0.05, 0.1) is 5.69 Å². The molecular weight excluding hydrogens is 554 g/mol. The van der Waals surface area contributed by atoms with Gasteiger partial charge in [0.15, 0.2) is 0 Å². The summed E-state index contributed by atoms with van der Waals surface area (Å²) in [7, 11) is 0. The van der Waals surface area contributed by atoms with E-state index in [1.807, 2.05) is 72.9 Å². The van der Waals surface area contributed by atoms with Crippen LogP contribution in [0.4, 0.5) is 39.8 Å². The van der Waals surface area contributed by atoms with Gasteiger partial charge in [0.25, 0.3) is 0 Å². The molecule has 5 heteroatoms. The number of anilines is 6. The highest BCUT2D eigenvalue weighted by atomic mass is 16.5. The van der Waals surface area contributed by atoms with E-state index < -0.39 is 5.97 Å². The van der Waals surface area contributed by atoms with Crippen LogP contribution in [-0.4, -0.2) is 12.2 Å². The molecule has 6 rings (SSSR count). The number of para-hydroxylation sites is 3. The van der Waals surface area contributed by atoms with Gasteiger partial charge >= 0.3 is 5.97 Å². The van der Waals surface area contributed by atoms with Crippen molar-refractivity contribution in [3.8, 4) is 5.75 Å². The van der Waals surface area contributed by atoms with E-state index in [-0.39, 0.29) is 0 Å². The lowest BCUT2D eigenvalue weighted by Gasteiger charge is -2.25. The highest BCUT2D eigenvalue weighted by Gasteiger charge is 2.13. The quantitative estimate of drug-likeness (QED) is 0.0694. The molecule has 0 spiro atoms. The minimum atomic E-state index is -0.490. The Kier molecular flexibility index (Phi) is 8.89. The van der Waals surface area contributed by atoms with Crippen LogP contribution in [0.1, 0.15) is 5.56 Å². The van der Waals surface area contributed by atoms with E-state index in [9.17, 15) is 4.79 Å². The topological polar surface area (TPSA) is 45.1 Å². The van der Waals surface area contributed by atoms with Gasteiger partial charge in [-0.15, -0.1) is 0 Å². The third kappa shape index (κ3) is 7.07. The van der Waals surface area contributed by atoms with Crippen molar-refractivity contribution in [1.82, 2.24) is 0 Å². The van der Waals surface area contributed by atoms with Gasteiger partial charge in [0.2, 0.25) is 0 Å². The molecule has 6 aromatic carbocycles. The first-order chi connectivity index (χ1) is 22.2. The first-order valence-corrected chi connectivity index (χ1v) is 14.6. The molecule has 0 aliphatic heterocycles. The zero-order valence-electron chi connectivity index (χ0n) is 24.6. The molecule has 6 aromatic rings. The first kappa shape index (κ1) is 28.9. The maximum Gasteiger partial charge on any atom is 0.335 e. The zero-order valence-corrected chi connectivity index (χ0v) is 24.6. The van der Waals surface area contributed by atoms with E-state index in [0.29, 0.717) is 5.75 Å². The Morgan fingerprint density at radius 2 is 0.889 bits per heavy atom. The number of rotatable bonds is 10. The van der Waals surface area contributed by atoms with Crippen LogP contribution >= 0.6 is 0 Å². The van der Waals surface area contributed by atoms with Crippen LogP contribution in [0.5, 0.6) is 5.75 Å². The van der Waals surface area contributed by atoms with Crippen LogP contribution in [0.3, 0.4) is 0 Å².